The third kappa shape index (κ3) is 6.01. The molecule has 4 heterocycles. The van der Waals surface area contributed by atoms with Gasteiger partial charge in [0.05, 0.1) is 17.8 Å². The Balaban J connectivity index is 1.28. The summed E-state index contributed by atoms with van der Waals surface area (Å²) in [4.78, 5) is 47.0. The minimum Gasteiger partial charge on any atom is -0.364 e. The monoisotopic (exact) mass is 557 g/mol. The number of fused-ring (bicyclic) bond motifs is 1. The highest BCUT2D eigenvalue weighted by Gasteiger charge is 2.40. The summed E-state index contributed by atoms with van der Waals surface area (Å²) in [5.41, 5.74) is 3.56. The number of hydrogen-bond donors (Lipinski definition) is 4. The van der Waals surface area contributed by atoms with Crippen LogP contribution in [0.25, 0.3) is 0 Å². The number of carbonyl (C=O) groups excluding carboxylic acids is 1. The molecule has 3 aromatic rings. The van der Waals surface area contributed by atoms with Crippen LogP contribution in [0.5, 0.6) is 0 Å². The molecule has 0 spiro atoms. The van der Waals surface area contributed by atoms with Gasteiger partial charge in [0, 0.05) is 48.8 Å². The molecule has 6 rings (SSSR count). The third-order valence-corrected chi connectivity index (χ3v) is 7.80. The summed E-state index contributed by atoms with van der Waals surface area (Å²) in [5, 5.41) is 10.8. The van der Waals surface area contributed by atoms with E-state index in [9.17, 15) is 23.5 Å². The molecule has 2 fully saturated rings. The molecule has 0 aromatic carbocycles. The lowest BCUT2D eigenvalue weighted by atomic mass is 10.0. The number of Topliss-reactive ketones (excluding diaryl/α,β-unsaturated/α-hetero) is 1. The zero-order valence-electron chi connectivity index (χ0n) is 21.1. The van der Waals surface area contributed by atoms with Crippen molar-refractivity contribution in [3.63, 3.8) is 0 Å². The Kier molecular flexibility index (Phi) is 6.92. The maximum Gasteiger partial charge on any atom is 0.350 e. The lowest BCUT2D eigenvalue weighted by Gasteiger charge is -2.25. The van der Waals surface area contributed by atoms with Gasteiger partial charge in [0.1, 0.15) is 12.2 Å². The topological polar surface area (TPSA) is 166 Å². The Hall–Kier alpha value is -3.25. The van der Waals surface area contributed by atoms with Crippen molar-refractivity contribution in [2.24, 2.45) is 0 Å². The fourth-order valence-electron chi connectivity index (χ4n) is 5.25. The fraction of sp³-hybridized carbons (Fsp3) is 0.480. The van der Waals surface area contributed by atoms with E-state index in [4.69, 9.17) is 14.7 Å². The number of rotatable bonds is 10. The minimum absolute atomic E-state index is 0.00687. The first kappa shape index (κ1) is 26.0. The van der Waals surface area contributed by atoms with Crippen molar-refractivity contribution in [2.45, 2.75) is 63.0 Å². The van der Waals surface area contributed by atoms with Gasteiger partial charge in [-0.3, -0.25) is 14.5 Å². The van der Waals surface area contributed by atoms with E-state index >= 15 is 0 Å². The van der Waals surface area contributed by atoms with Crippen LogP contribution in [0.3, 0.4) is 0 Å². The summed E-state index contributed by atoms with van der Waals surface area (Å²) >= 11 is 0. The van der Waals surface area contributed by atoms with Gasteiger partial charge >= 0.3 is 7.60 Å². The molecule has 1 saturated heterocycles. The highest BCUT2D eigenvalue weighted by atomic mass is 31.2. The molecule has 0 radical (unpaired) electrons. The number of H-pyrrole nitrogens is 1. The number of anilines is 3. The first-order valence-corrected chi connectivity index (χ1v) is 14.8. The second-order valence-corrected chi connectivity index (χ2v) is 12.0. The Labute approximate surface area is 223 Å². The number of nitrogens with one attached hydrogen (secondary N) is 2. The van der Waals surface area contributed by atoms with Crippen LogP contribution < -0.4 is 10.2 Å². The van der Waals surface area contributed by atoms with E-state index in [1.165, 1.54) is 18.3 Å². The molecule has 2 aliphatic carbocycles. The van der Waals surface area contributed by atoms with Crippen LogP contribution >= 0.6 is 7.60 Å². The second-order valence-electron chi connectivity index (χ2n) is 10.4. The average Bonchev–Trinajstić information content (AvgIpc) is 3.27. The van der Waals surface area contributed by atoms with Crippen LogP contribution in [0.15, 0.2) is 24.4 Å². The van der Waals surface area contributed by atoms with Crippen LogP contribution in [0, 0.1) is 5.95 Å². The van der Waals surface area contributed by atoms with Crippen molar-refractivity contribution >= 4 is 31.0 Å². The number of nitrogens with zero attached hydrogens (tertiary/aromatic N) is 5. The molecule has 0 bridgehead atoms. The predicted molar refractivity (Wildman–Crippen MR) is 138 cm³/mol. The van der Waals surface area contributed by atoms with Crippen LogP contribution in [-0.4, -0.2) is 65.8 Å². The molecule has 3 aliphatic rings. The van der Waals surface area contributed by atoms with Crippen molar-refractivity contribution in [1.29, 1.82) is 0 Å². The number of aromatic amines is 1. The molecular formula is C25H29FN7O5P. The summed E-state index contributed by atoms with van der Waals surface area (Å²) in [6.07, 6.45) is 5.02. The summed E-state index contributed by atoms with van der Waals surface area (Å²) in [5.74, 6) is 1.36. The van der Waals surface area contributed by atoms with Gasteiger partial charge < -0.3 is 24.7 Å². The van der Waals surface area contributed by atoms with Crippen molar-refractivity contribution in [2.75, 3.05) is 23.1 Å². The van der Waals surface area contributed by atoms with Gasteiger partial charge in [-0.25, -0.2) is 9.97 Å². The van der Waals surface area contributed by atoms with Gasteiger partial charge in [-0.15, -0.1) is 0 Å². The molecule has 206 valence electrons. The van der Waals surface area contributed by atoms with E-state index < -0.39 is 32.0 Å². The van der Waals surface area contributed by atoms with E-state index in [1.54, 1.807) is 4.90 Å². The lowest BCUT2D eigenvalue weighted by molar-refractivity contribution is -0.119. The van der Waals surface area contributed by atoms with Crippen LogP contribution in [0.4, 0.5) is 22.0 Å². The summed E-state index contributed by atoms with van der Waals surface area (Å²) in [6.45, 7) is 0.185. The predicted octanol–water partition coefficient (Wildman–Crippen LogP) is 2.75. The number of aryl methyl sites for hydroxylation is 1. The van der Waals surface area contributed by atoms with Gasteiger partial charge in [-0.05, 0) is 43.7 Å². The van der Waals surface area contributed by atoms with E-state index in [-0.39, 0.29) is 25.2 Å². The van der Waals surface area contributed by atoms with Crippen molar-refractivity contribution in [3.8, 4) is 0 Å². The first-order chi connectivity index (χ1) is 18.7. The second kappa shape index (κ2) is 10.4. The van der Waals surface area contributed by atoms with Crippen molar-refractivity contribution in [3.05, 3.63) is 52.9 Å². The van der Waals surface area contributed by atoms with Gasteiger partial charge in [-0.2, -0.15) is 14.5 Å². The molecular weight excluding hydrogens is 528 g/mol. The zero-order valence-corrected chi connectivity index (χ0v) is 22.0. The Morgan fingerprint density at radius 2 is 2.10 bits per heavy atom. The smallest absolute Gasteiger partial charge is 0.350 e. The van der Waals surface area contributed by atoms with Gasteiger partial charge in [0.15, 0.2) is 11.6 Å². The number of pyridine rings is 1. The summed E-state index contributed by atoms with van der Waals surface area (Å²) in [7, 11) is -4.39. The third-order valence-electron chi connectivity index (χ3n) is 7.32. The summed E-state index contributed by atoms with van der Waals surface area (Å²) in [6, 6.07) is 4.00. The van der Waals surface area contributed by atoms with Gasteiger partial charge in [0.25, 0.3) is 0 Å². The van der Waals surface area contributed by atoms with E-state index in [0.717, 1.165) is 49.1 Å². The van der Waals surface area contributed by atoms with E-state index in [1.807, 2.05) is 6.07 Å². The maximum absolute atomic E-state index is 13.5. The molecule has 12 nitrogen and oxygen atoms in total. The molecule has 39 heavy (non-hydrogen) atoms. The fourth-order valence-corrected chi connectivity index (χ4v) is 5.66. The van der Waals surface area contributed by atoms with Crippen molar-refractivity contribution in [1.82, 2.24) is 25.1 Å². The number of aromatic nitrogens is 5. The van der Waals surface area contributed by atoms with Crippen molar-refractivity contribution < 1.29 is 28.3 Å². The number of hydrogen-bond acceptors (Lipinski definition) is 9. The lowest BCUT2D eigenvalue weighted by Crippen LogP contribution is -2.38. The maximum atomic E-state index is 13.5. The van der Waals surface area contributed by atoms with Gasteiger partial charge in [0.2, 0.25) is 11.9 Å². The first-order valence-electron chi connectivity index (χ1n) is 13.0. The quantitative estimate of drug-likeness (QED) is 0.214. The van der Waals surface area contributed by atoms with Gasteiger partial charge in [-0.1, -0.05) is 6.07 Å². The average molecular weight is 558 g/mol. The number of carbonyl (C=O) groups is 1. The Morgan fingerprint density at radius 1 is 1.26 bits per heavy atom. The largest absolute Gasteiger partial charge is 0.364 e. The standard InChI is InChI=1S/C25H29FN7O5P/c26-22-7-4-14(11-27-22)8-21(34)20-9-16(38-13-39(35,36)37)12-33(20)25-28-18-3-1-2-17(18)24(30-25)29-23-10-19(31-32-23)15-5-6-15/h4,7,10-11,15-16,20H,1-3,5-6,8-9,12-13H2,(H2,35,36,37)(H2,28,29,30,31,32). The molecule has 4 N–H and O–H groups in total. The number of ether oxygens (including phenoxy) is 1. The summed E-state index contributed by atoms with van der Waals surface area (Å²) < 4.78 is 30.2. The molecule has 2 unspecified atom stereocenters. The number of halogens is 1. The van der Waals surface area contributed by atoms with Crippen LogP contribution in [-0.2, 0) is 33.4 Å². The molecule has 0 amide bonds. The molecule has 1 saturated carbocycles. The molecule has 3 aromatic heterocycles. The highest BCUT2D eigenvalue weighted by Crippen LogP contribution is 2.40. The van der Waals surface area contributed by atoms with E-state index in [2.05, 4.69) is 20.5 Å². The molecule has 14 heteroatoms. The highest BCUT2D eigenvalue weighted by molar-refractivity contribution is 7.51. The Morgan fingerprint density at radius 3 is 2.85 bits per heavy atom. The SMILES string of the molecule is O=C(Cc1ccc(F)nc1)C1CC(OCP(=O)(O)O)CN1c1nc2c(c(Nc3cc(C4CC4)[nH]n3)n1)CCC2. The van der Waals surface area contributed by atoms with E-state index in [0.29, 0.717) is 29.1 Å². The minimum atomic E-state index is -4.39. The van der Waals surface area contributed by atoms with Crippen LogP contribution in [0.2, 0.25) is 0 Å². The molecule has 2 atom stereocenters. The molecule has 1 aliphatic heterocycles. The van der Waals surface area contributed by atoms with Crippen LogP contribution in [0.1, 0.15) is 54.1 Å². The zero-order chi connectivity index (χ0) is 27.1. The Bertz CT molecular complexity index is 1420. The normalized spacial score (nSPS) is 20.8. The number of ketones is 1.